The van der Waals surface area contributed by atoms with Crippen molar-refractivity contribution in [3.05, 3.63) is 35.9 Å². The van der Waals surface area contributed by atoms with Crippen molar-refractivity contribution in [3.8, 4) is 0 Å². The van der Waals surface area contributed by atoms with E-state index in [4.69, 9.17) is 5.73 Å². The van der Waals surface area contributed by atoms with E-state index in [0.29, 0.717) is 12.0 Å². The fourth-order valence-electron chi connectivity index (χ4n) is 2.84. The minimum Gasteiger partial charge on any atom is -0.395 e. The van der Waals surface area contributed by atoms with Crippen LogP contribution in [0.1, 0.15) is 24.8 Å². The van der Waals surface area contributed by atoms with Crippen LogP contribution in [-0.2, 0) is 6.54 Å². The summed E-state index contributed by atoms with van der Waals surface area (Å²) >= 11 is 0. The Balaban J connectivity index is 1.91. The molecule has 2 unspecified atom stereocenters. The highest BCUT2D eigenvalue weighted by Crippen LogP contribution is 2.25. The molecule has 1 aromatic rings. The summed E-state index contributed by atoms with van der Waals surface area (Å²) in [5.41, 5.74) is 7.43. The van der Waals surface area contributed by atoms with Crippen molar-refractivity contribution < 1.29 is 5.11 Å². The number of aliphatic hydroxyl groups excluding tert-OH is 1. The molecule has 18 heavy (non-hydrogen) atoms. The predicted molar refractivity (Wildman–Crippen MR) is 74.1 cm³/mol. The topological polar surface area (TPSA) is 49.5 Å². The van der Waals surface area contributed by atoms with Gasteiger partial charge in [-0.25, -0.2) is 0 Å². The lowest BCUT2D eigenvalue weighted by Crippen LogP contribution is -2.37. The van der Waals surface area contributed by atoms with Gasteiger partial charge in [0.15, 0.2) is 0 Å². The fraction of sp³-hybridized carbons (Fsp3) is 0.600. The van der Waals surface area contributed by atoms with Crippen LogP contribution in [0.4, 0.5) is 0 Å². The average Bonchev–Trinajstić information content (AvgIpc) is 2.77. The van der Waals surface area contributed by atoms with E-state index in [1.807, 2.05) is 6.07 Å². The number of rotatable bonds is 6. The van der Waals surface area contributed by atoms with Gasteiger partial charge in [-0.2, -0.15) is 0 Å². The third kappa shape index (κ3) is 3.80. The largest absolute Gasteiger partial charge is 0.395 e. The van der Waals surface area contributed by atoms with Crippen molar-refractivity contribution in [1.29, 1.82) is 0 Å². The first-order valence-corrected chi connectivity index (χ1v) is 6.92. The first-order valence-electron chi connectivity index (χ1n) is 6.92. The molecule has 0 heterocycles. The highest BCUT2D eigenvalue weighted by atomic mass is 16.3. The van der Waals surface area contributed by atoms with E-state index in [0.717, 1.165) is 26.1 Å². The molecular formula is C15H24N2O. The van der Waals surface area contributed by atoms with Gasteiger partial charge in [0, 0.05) is 25.7 Å². The first-order chi connectivity index (χ1) is 8.79. The SMILES string of the molecule is NC1CCCC1CN(CCO)Cc1ccccc1. The van der Waals surface area contributed by atoms with Crippen LogP contribution >= 0.6 is 0 Å². The molecule has 0 aliphatic heterocycles. The van der Waals surface area contributed by atoms with E-state index in [1.165, 1.54) is 18.4 Å². The van der Waals surface area contributed by atoms with Crippen molar-refractivity contribution in [3.63, 3.8) is 0 Å². The van der Waals surface area contributed by atoms with E-state index >= 15 is 0 Å². The maximum atomic E-state index is 9.18. The molecule has 0 radical (unpaired) electrons. The zero-order chi connectivity index (χ0) is 12.8. The molecule has 0 bridgehead atoms. The van der Waals surface area contributed by atoms with Gasteiger partial charge in [0.1, 0.15) is 0 Å². The highest BCUT2D eigenvalue weighted by molar-refractivity contribution is 5.14. The molecule has 1 aromatic carbocycles. The number of hydrogen-bond acceptors (Lipinski definition) is 3. The standard InChI is InChI=1S/C15H24N2O/c16-15-8-4-7-14(15)12-17(9-10-18)11-13-5-2-1-3-6-13/h1-3,5-6,14-15,18H,4,7-12,16H2. The van der Waals surface area contributed by atoms with Gasteiger partial charge in [0.05, 0.1) is 6.61 Å². The lowest BCUT2D eigenvalue weighted by atomic mass is 10.0. The molecule has 0 spiro atoms. The Morgan fingerprint density at radius 2 is 2.00 bits per heavy atom. The number of benzene rings is 1. The second-order valence-electron chi connectivity index (χ2n) is 5.30. The highest BCUT2D eigenvalue weighted by Gasteiger charge is 2.25. The van der Waals surface area contributed by atoms with Gasteiger partial charge in [0.2, 0.25) is 0 Å². The van der Waals surface area contributed by atoms with Gasteiger partial charge >= 0.3 is 0 Å². The fourth-order valence-corrected chi connectivity index (χ4v) is 2.84. The number of nitrogens with two attached hydrogens (primary N) is 1. The summed E-state index contributed by atoms with van der Waals surface area (Å²) in [4.78, 5) is 2.32. The third-order valence-corrected chi connectivity index (χ3v) is 3.88. The summed E-state index contributed by atoms with van der Waals surface area (Å²) in [5.74, 6) is 0.597. The van der Waals surface area contributed by atoms with Crippen LogP contribution in [0.15, 0.2) is 30.3 Å². The van der Waals surface area contributed by atoms with Gasteiger partial charge in [-0.05, 0) is 24.3 Å². The second-order valence-corrected chi connectivity index (χ2v) is 5.30. The number of aliphatic hydroxyl groups is 1. The van der Waals surface area contributed by atoms with Crippen LogP contribution in [0.2, 0.25) is 0 Å². The molecule has 3 heteroatoms. The quantitative estimate of drug-likeness (QED) is 0.804. The molecule has 0 amide bonds. The summed E-state index contributed by atoms with van der Waals surface area (Å²) in [5, 5.41) is 9.18. The Kier molecular flexibility index (Phi) is 5.17. The van der Waals surface area contributed by atoms with E-state index < -0.39 is 0 Å². The molecule has 3 N–H and O–H groups in total. The number of hydrogen-bond donors (Lipinski definition) is 2. The molecular weight excluding hydrogens is 224 g/mol. The average molecular weight is 248 g/mol. The van der Waals surface area contributed by atoms with E-state index in [-0.39, 0.29) is 6.61 Å². The van der Waals surface area contributed by atoms with Crippen molar-refractivity contribution in [2.24, 2.45) is 11.7 Å². The normalized spacial score (nSPS) is 23.7. The molecule has 2 rings (SSSR count). The summed E-state index contributed by atoms with van der Waals surface area (Å²) in [6.07, 6.45) is 3.64. The van der Waals surface area contributed by atoms with Crippen molar-refractivity contribution in [1.82, 2.24) is 4.90 Å². The summed E-state index contributed by atoms with van der Waals surface area (Å²) in [6, 6.07) is 10.8. The Morgan fingerprint density at radius 1 is 1.22 bits per heavy atom. The van der Waals surface area contributed by atoms with Crippen LogP contribution in [0.25, 0.3) is 0 Å². The second kappa shape index (κ2) is 6.88. The first kappa shape index (κ1) is 13.5. The Hall–Kier alpha value is -0.900. The zero-order valence-corrected chi connectivity index (χ0v) is 11.0. The van der Waals surface area contributed by atoms with Gasteiger partial charge < -0.3 is 10.8 Å². The maximum Gasteiger partial charge on any atom is 0.0558 e. The Morgan fingerprint density at radius 3 is 2.61 bits per heavy atom. The van der Waals surface area contributed by atoms with Gasteiger partial charge in [-0.3, -0.25) is 4.90 Å². The molecule has 3 nitrogen and oxygen atoms in total. The van der Waals surface area contributed by atoms with Gasteiger partial charge in [-0.15, -0.1) is 0 Å². The predicted octanol–water partition coefficient (Wildman–Crippen LogP) is 1.61. The van der Waals surface area contributed by atoms with Crippen LogP contribution < -0.4 is 5.73 Å². The Bertz CT molecular complexity index is 342. The van der Waals surface area contributed by atoms with E-state index in [9.17, 15) is 5.11 Å². The van der Waals surface area contributed by atoms with Crippen molar-refractivity contribution in [2.75, 3.05) is 19.7 Å². The molecule has 1 fully saturated rings. The minimum atomic E-state index is 0.217. The minimum absolute atomic E-state index is 0.217. The van der Waals surface area contributed by atoms with E-state index in [1.54, 1.807) is 0 Å². The Labute approximate surface area is 110 Å². The number of nitrogens with zero attached hydrogens (tertiary/aromatic N) is 1. The third-order valence-electron chi connectivity index (χ3n) is 3.88. The molecule has 1 saturated carbocycles. The van der Waals surface area contributed by atoms with Gasteiger partial charge in [-0.1, -0.05) is 36.8 Å². The molecule has 0 aromatic heterocycles. The van der Waals surface area contributed by atoms with Crippen molar-refractivity contribution in [2.45, 2.75) is 31.8 Å². The zero-order valence-electron chi connectivity index (χ0n) is 11.0. The lowest BCUT2D eigenvalue weighted by molar-refractivity contribution is 0.165. The van der Waals surface area contributed by atoms with Gasteiger partial charge in [0.25, 0.3) is 0 Å². The lowest BCUT2D eigenvalue weighted by Gasteiger charge is -2.26. The summed E-state index contributed by atoms with van der Waals surface area (Å²) < 4.78 is 0. The molecule has 100 valence electrons. The van der Waals surface area contributed by atoms with Crippen LogP contribution in [0, 0.1) is 5.92 Å². The maximum absolute atomic E-state index is 9.18. The summed E-state index contributed by atoms with van der Waals surface area (Å²) in [7, 11) is 0. The van der Waals surface area contributed by atoms with Crippen LogP contribution in [-0.4, -0.2) is 35.7 Å². The van der Waals surface area contributed by atoms with Crippen LogP contribution in [0.5, 0.6) is 0 Å². The smallest absolute Gasteiger partial charge is 0.0558 e. The van der Waals surface area contributed by atoms with E-state index in [2.05, 4.69) is 29.2 Å². The summed E-state index contributed by atoms with van der Waals surface area (Å²) in [6.45, 7) is 2.87. The van der Waals surface area contributed by atoms with Crippen LogP contribution in [0.3, 0.4) is 0 Å². The monoisotopic (exact) mass is 248 g/mol. The molecule has 0 saturated heterocycles. The molecule has 2 atom stereocenters. The molecule has 1 aliphatic carbocycles. The van der Waals surface area contributed by atoms with Crippen molar-refractivity contribution >= 4 is 0 Å². The molecule has 1 aliphatic rings.